The average Bonchev–Trinajstić information content (AvgIpc) is 2.67. The van der Waals surface area contributed by atoms with Crippen LogP contribution in [0.2, 0.25) is 0 Å². The lowest BCUT2D eigenvalue weighted by molar-refractivity contribution is 1.47. The van der Waals surface area contributed by atoms with Crippen molar-refractivity contribution >= 4 is 6.08 Å². The molecule has 0 atom stereocenters. The first kappa shape index (κ1) is 15.3. The summed E-state index contributed by atoms with van der Waals surface area (Å²) >= 11 is 0. The Morgan fingerprint density at radius 3 is 2.12 bits per heavy atom. The number of hydrogen-bond donors (Lipinski definition) is 0. The van der Waals surface area contributed by atoms with E-state index in [9.17, 15) is 5.26 Å². The number of allylic oxidation sites excluding steroid dienone is 1. The summed E-state index contributed by atoms with van der Waals surface area (Å²) in [6.07, 6.45) is 3.23. The molecule has 3 rings (SSSR count). The van der Waals surface area contributed by atoms with Crippen LogP contribution in [0.1, 0.15) is 11.1 Å². The van der Waals surface area contributed by atoms with Crippen molar-refractivity contribution < 1.29 is 0 Å². The van der Waals surface area contributed by atoms with Crippen molar-refractivity contribution in [1.29, 1.82) is 10.5 Å². The van der Waals surface area contributed by atoms with Crippen LogP contribution in [0.4, 0.5) is 0 Å². The summed E-state index contributed by atoms with van der Waals surface area (Å²) in [6, 6.07) is 28.0. The molecule has 0 unspecified atom stereocenters. The molecule has 0 heterocycles. The van der Waals surface area contributed by atoms with Gasteiger partial charge in [-0.15, -0.1) is 0 Å². The Hall–Kier alpha value is -3.62. The highest BCUT2D eigenvalue weighted by Crippen LogP contribution is 2.34. The molecule has 2 heteroatoms. The average molecular weight is 306 g/mol. The predicted octanol–water partition coefficient (Wildman–Crippen LogP) is 5.43. The van der Waals surface area contributed by atoms with Gasteiger partial charge in [0.1, 0.15) is 0 Å². The van der Waals surface area contributed by atoms with E-state index in [-0.39, 0.29) is 0 Å². The van der Waals surface area contributed by atoms with Gasteiger partial charge in [0.15, 0.2) is 0 Å². The summed E-state index contributed by atoms with van der Waals surface area (Å²) in [4.78, 5) is 0. The summed E-state index contributed by atoms with van der Waals surface area (Å²) in [5, 5.41) is 18.1. The van der Waals surface area contributed by atoms with Crippen molar-refractivity contribution in [1.82, 2.24) is 0 Å². The van der Waals surface area contributed by atoms with E-state index in [0.29, 0.717) is 5.56 Å². The quantitative estimate of drug-likeness (QED) is 0.606. The van der Waals surface area contributed by atoms with Gasteiger partial charge in [-0.2, -0.15) is 10.5 Å². The van der Waals surface area contributed by atoms with E-state index in [1.807, 2.05) is 54.6 Å². The molecule has 0 aliphatic carbocycles. The topological polar surface area (TPSA) is 47.6 Å². The Bertz CT molecular complexity index is 971. The zero-order valence-corrected chi connectivity index (χ0v) is 13.0. The van der Waals surface area contributed by atoms with E-state index in [4.69, 9.17) is 5.26 Å². The zero-order valence-electron chi connectivity index (χ0n) is 13.0. The van der Waals surface area contributed by atoms with Crippen LogP contribution in [0.3, 0.4) is 0 Å². The first-order chi connectivity index (χ1) is 11.8. The molecule has 0 amide bonds. The van der Waals surface area contributed by atoms with Gasteiger partial charge in [-0.1, -0.05) is 60.7 Å². The van der Waals surface area contributed by atoms with Gasteiger partial charge >= 0.3 is 0 Å². The normalized spacial score (nSPS) is 10.2. The molecule has 2 nitrogen and oxygen atoms in total. The summed E-state index contributed by atoms with van der Waals surface area (Å²) < 4.78 is 0. The second kappa shape index (κ2) is 7.09. The van der Waals surface area contributed by atoms with Gasteiger partial charge in [0.25, 0.3) is 0 Å². The smallest absolute Gasteiger partial charge is 0.0991 e. The summed E-state index contributed by atoms with van der Waals surface area (Å²) in [5.41, 5.74) is 5.71. The van der Waals surface area contributed by atoms with Crippen LogP contribution < -0.4 is 0 Å². The second-order valence-electron chi connectivity index (χ2n) is 5.29. The minimum Gasteiger partial charge on any atom is -0.193 e. The molecular formula is C22H14N2. The van der Waals surface area contributed by atoms with E-state index >= 15 is 0 Å². The van der Waals surface area contributed by atoms with E-state index < -0.39 is 0 Å². The Morgan fingerprint density at radius 1 is 0.708 bits per heavy atom. The van der Waals surface area contributed by atoms with Crippen LogP contribution in [-0.2, 0) is 0 Å². The van der Waals surface area contributed by atoms with Crippen molar-refractivity contribution in [2.45, 2.75) is 0 Å². The summed E-state index contributed by atoms with van der Waals surface area (Å²) in [5.74, 6) is 0. The standard InChI is InChI=1S/C22H14N2/c23-14-6-9-19-13-12-17(16-24)15-22(19)21-11-5-4-10-20(21)18-7-2-1-3-8-18/h1-13,15H. The van der Waals surface area contributed by atoms with E-state index in [1.54, 1.807) is 12.1 Å². The Labute approximate surface area is 141 Å². The molecule has 0 bridgehead atoms. The van der Waals surface area contributed by atoms with Gasteiger partial charge in [-0.25, -0.2) is 0 Å². The van der Waals surface area contributed by atoms with Gasteiger partial charge in [0, 0.05) is 6.08 Å². The zero-order chi connectivity index (χ0) is 16.8. The predicted molar refractivity (Wildman–Crippen MR) is 96.7 cm³/mol. The molecule has 3 aromatic rings. The first-order valence-corrected chi connectivity index (χ1v) is 7.58. The van der Waals surface area contributed by atoms with Crippen molar-refractivity contribution in [3.63, 3.8) is 0 Å². The van der Waals surface area contributed by atoms with Crippen LogP contribution in [0, 0.1) is 22.7 Å². The molecule has 24 heavy (non-hydrogen) atoms. The first-order valence-electron chi connectivity index (χ1n) is 7.58. The second-order valence-corrected chi connectivity index (χ2v) is 5.29. The minimum atomic E-state index is 0.599. The molecule has 0 aliphatic heterocycles. The van der Waals surface area contributed by atoms with Gasteiger partial charge in [0.2, 0.25) is 0 Å². The van der Waals surface area contributed by atoms with Crippen molar-refractivity contribution in [3.05, 3.63) is 90.0 Å². The summed E-state index contributed by atoms with van der Waals surface area (Å²) in [7, 11) is 0. The molecule has 0 saturated carbocycles. The van der Waals surface area contributed by atoms with Crippen LogP contribution in [0.25, 0.3) is 28.3 Å². The van der Waals surface area contributed by atoms with Gasteiger partial charge in [0.05, 0.1) is 17.7 Å². The lowest BCUT2D eigenvalue weighted by atomic mass is 9.90. The van der Waals surface area contributed by atoms with Crippen LogP contribution in [0.15, 0.2) is 78.9 Å². The van der Waals surface area contributed by atoms with Crippen molar-refractivity contribution in [2.24, 2.45) is 0 Å². The maximum absolute atomic E-state index is 9.24. The third-order valence-corrected chi connectivity index (χ3v) is 3.82. The number of benzene rings is 3. The molecular weight excluding hydrogens is 292 g/mol. The maximum Gasteiger partial charge on any atom is 0.0991 e. The van der Waals surface area contributed by atoms with Gasteiger partial charge in [-0.3, -0.25) is 0 Å². The number of nitriles is 2. The number of hydrogen-bond acceptors (Lipinski definition) is 2. The number of rotatable bonds is 3. The van der Waals surface area contributed by atoms with Crippen molar-refractivity contribution in [2.75, 3.05) is 0 Å². The van der Waals surface area contributed by atoms with Gasteiger partial charge in [-0.05, 0) is 46.0 Å². The van der Waals surface area contributed by atoms with Crippen LogP contribution in [0.5, 0.6) is 0 Å². The molecule has 0 saturated heterocycles. The summed E-state index contributed by atoms with van der Waals surface area (Å²) in [6.45, 7) is 0. The Kier molecular flexibility index (Phi) is 4.52. The minimum absolute atomic E-state index is 0.599. The van der Waals surface area contributed by atoms with Crippen molar-refractivity contribution in [3.8, 4) is 34.4 Å². The Balaban J connectivity index is 2.25. The molecule has 3 aromatic carbocycles. The monoisotopic (exact) mass is 306 g/mol. The third-order valence-electron chi connectivity index (χ3n) is 3.82. The SMILES string of the molecule is N#CC=Cc1ccc(C#N)cc1-c1ccccc1-c1ccccc1. The maximum atomic E-state index is 9.24. The van der Waals surface area contributed by atoms with E-state index in [0.717, 1.165) is 27.8 Å². The highest BCUT2D eigenvalue weighted by molar-refractivity contribution is 5.88. The molecule has 0 N–H and O–H groups in total. The third kappa shape index (κ3) is 3.09. The number of nitrogens with zero attached hydrogens (tertiary/aromatic N) is 2. The fraction of sp³-hybridized carbons (Fsp3) is 0. The molecule has 0 fully saturated rings. The fourth-order valence-electron chi connectivity index (χ4n) is 2.72. The molecule has 112 valence electrons. The molecule has 0 radical (unpaired) electrons. The van der Waals surface area contributed by atoms with Crippen LogP contribution >= 0.6 is 0 Å². The highest BCUT2D eigenvalue weighted by Gasteiger charge is 2.10. The highest BCUT2D eigenvalue weighted by atomic mass is 14.2. The largest absolute Gasteiger partial charge is 0.193 e. The fourth-order valence-corrected chi connectivity index (χ4v) is 2.72. The molecule has 0 aromatic heterocycles. The van der Waals surface area contributed by atoms with E-state index in [1.165, 1.54) is 6.08 Å². The van der Waals surface area contributed by atoms with Gasteiger partial charge < -0.3 is 0 Å². The molecule has 0 aliphatic rings. The Morgan fingerprint density at radius 2 is 1.42 bits per heavy atom. The van der Waals surface area contributed by atoms with Crippen LogP contribution in [-0.4, -0.2) is 0 Å². The lowest BCUT2D eigenvalue weighted by Crippen LogP contribution is -1.89. The van der Waals surface area contributed by atoms with E-state index in [2.05, 4.69) is 24.3 Å². The lowest BCUT2D eigenvalue weighted by Gasteiger charge is -2.13. The molecule has 0 spiro atoms.